The molecule has 7 nitrogen and oxygen atoms in total. The van der Waals surface area contributed by atoms with Crippen LogP contribution in [0.25, 0.3) is 10.6 Å². The van der Waals surface area contributed by atoms with E-state index in [4.69, 9.17) is 19.2 Å². The maximum Gasteiger partial charge on any atom is 0.336 e. The second-order valence-electron chi connectivity index (χ2n) is 7.28. The number of anilines is 1. The van der Waals surface area contributed by atoms with Gasteiger partial charge in [0, 0.05) is 32.5 Å². The predicted octanol–water partition coefficient (Wildman–Crippen LogP) is 3.90. The highest BCUT2D eigenvalue weighted by Gasteiger charge is 2.28. The summed E-state index contributed by atoms with van der Waals surface area (Å²) in [4.78, 5) is 19.8. The van der Waals surface area contributed by atoms with E-state index in [0.29, 0.717) is 18.8 Å². The van der Waals surface area contributed by atoms with Crippen molar-refractivity contribution in [2.45, 2.75) is 32.3 Å². The maximum atomic E-state index is 12.0. The number of aromatic carboxylic acids is 1. The van der Waals surface area contributed by atoms with Crippen molar-refractivity contribution < 1.29 is 24.1 Å². The van der Waals surface area contributed by atoms with E-state index in [2.05, 4.69) is 0 Å². The van der Waals surface area contributed by atoms with Crippen LogP contribution in [-0.2, 0) is 20.6 Å². The largest absolute Gasteiger partial charge is 0.478 e. The molecule has 0 radical (unpaired) electrons. The van der Waals surface area contributed by atoms with Crippen LogP contribution in [0.1, 0.15) is 45.4 Å². The van der Waals surface area contributed by atoms with Gasteiger partial charge in [0.2, 0.25) is 0 Å². The van der Waals surface area contributed by atoms with Gasteiger partial charge in [0.1, 0.15) is 11.8 Å². The number of carboxylic acid groups (broad SMARTS) is 1. The molecule has 1 atom stereocenters. The molecule has 0 saturated carbocycles. The fraction of sp³-hybridized carbons (Fsp3) is 0.524. The number of benzene rings is 1. The minimum absolute atomic E-state index is 0.0674. The summed E-state index contributed by atoms with van der Waals surface area (Å²) < 4.78 is 16.3. The van der Waals surface area contributed by atoms with Crippen molar-refractivity contribution >= 4 is 23.0 Å². The van der Waals surface area contributed by atoms with Crippen molar-refractivity contribution in [2.75, 3.05) is 46.1 Å². The SMILES string of the molecule is COCCOCOC1CCCc2nc(-c3c(C)cc(N(C)C)cc3C(=O)O)sc21. The number of hydrogen-bond donors (Lipinski definition) is 1. The molecular formula is C21H28N2O5S. The average molecular weight is 421 g/mol. The van der Waals surface area contributed by atoms with Crippen molar-refractivity contribution in [1.29, 1.82) is 0 Å². The Labute approximate surface area is 175 Å². The number of ether oxygens (including phenoxy) is 3. The molecule has 0 fully saturated rings. The number of thiazole rings is 1. The molecule has 1 aliphatic rings. The first kappa shape index (κ1) is 21.7. The average Bonchev–Trinajstić information content (AvgIpc) is 3.11. The van der Waals surface area contributed by atoms with Crippen LogP contribution < -0.4 is 4.90 Å². The Morgan fingerprint density at radius 3 is 2.83 bits per heavy atom. The van der Waals surface area contributed by atoms with E-state index < -0.39 is 5.97 Å². The first-order chi connectivity index (χ1) is 13.9. The lowest BCUT2D eigenvalue weighted by molar-refractivity contribution is -0.102. The fourth-order valence-corrected chi connectivity index (χ4v) is 4.78. The molecular weight excluding hydrogens is 392 g/mol. The van der Waals surface area contributed by atoms with E-state index in [1.165, 1.54) is 11.3 Å². The van der Waals surface area contributed by atoms with Crippen molar-refractivity contribution in [3.05, 3.63) is 33.8 Å². The molecule has 2 aromatic rings. The number of carbonyl (C=O) groups is 1. The van der Waals surface area contributed by atoms with E-state index in [-0.39, 0.29) is 18.5 Å². The second-order valence-corrected chi connectivity index (χ2v) is 8.31. The Kier molecular flexibility index (Phi) is 7.23. The molecule has 0 spiro atoms. The number of nitrogens with zero attached hydrogens (tertiary/aromatic N) is 2. The molecule has 1 N–H and O–H groups in total. The van der Waals surface area contributed by atoms with Gasteiger partial charge in [-0.2, -0.15) is 0 Å². The third-order valence-electron chi connectivity index (χ3n) is 4.97. The van der Waals surface area contributed by atoms with Gasteiger partial charge < -0.3 is 24.2 Å². The summed E-state index contributed by atoms with van der Waals surface area (Å²) >= 11 is 1.53. The van der Waals surface area contributed by atoms with Crippen LogP contribution in [0.3, 0.4) is 0 Å². The Hall–Kier alpha value is -2.00. The minimum Gasteiger partial charge on any atom is -0.478 e. The van der Waals surface area contributed by atoms with Crippen LogP contribution in [0.4, 0.5) is 5.69 Å². The summed E-state index contributed by atoms with van der Waals surface area (Å²) in [6.07, 6.45) is 2.71. The van der Waals surface area contributed by atoms with Gasteiger partial charge in [0.05, 0.1) is 35.5 Å². The van der Waals surface area contributed by atoms with E-state index in [0.717, 1.165) is 46.1 Å². The zero-order chi connectivity index (χ0) is 21.0. The first-order valence-electron chi connectivity index (χ1n) is 9.66. The first-order valence-corrected chi connectivity index (χ1v) is 10.5. The number of fused-ring (bicyclic) bond motifs is 1. The molecule has 0 saturated heterocycles. The van der Waals surface area contributed by atoms with Crippen molar-refractivity contribution in [2.24, 2.45) is 0 Å². The van der Waals surface area contributed by atoms with Gasteiger partial charge in [-0.1, -0.05) is 0 Å². The molecule has 0 aliphatic heterocycles. The standard InChI is InChI=1S/C21H28N2O5S/c1-13-10-14(23(2)3)11-15(21(24)25)18(13)20-22-16-6-5-7-17(19(16)29-20)28-12-27-9-8-26-4/h10-11,17H,5-9,12H2,1-4H3,(H,24,25). The number of hydrogen-bond acceptors (Lipinski definition) is 7. The minimum atomic E-state index is -0.945. The van der Waals surface area contributed by atoms with Gasteiger partial charge in [0.25, 0.3) is 0 Å². The monoisotopic (exact) mass is 420 g/mol. The molecule has 1 aromatic carbocycles. The Balaban J connectivity index is 1.89. The Bertz CT molecular complexity index is 865. The lowest BCUT2D eigenvalue weighted by Gasteiger charge is -2.21. The molecule has 1 aromatic heterocycles. The molecule has 0 bridgehead atoms. The molecule has 8 heteroatoms. The van der Waals surface area contributed by atoms with Crippen LogP contribution in [0, 0.1) is 6.92 Å². The predicted molar refractivity (Wildman–Crippen MR) is 113 cm³/mol. The number of rotatable bonds is 9. The Morgan fingerprint density at radius 1 is 1.34 bits per heavy atom. The van der Waals surface area contributed by atoms with Gasteiger partial charge in [-0.25, -0.2) is 9.78 Å². The summed E-state index contributed by atoms with van der Waals surface area (Å²) in [7, 11) is 5.44. The van der Waals surface area contributed by atoms with Crippen LogP contribution in [-0.4, -0.2) is 57.3 Å². The molecule has 0 amide bonds. The van der Waals surface area contributed by atoms with Gasteiger partial charge in [-0.3, -0.25) is 0 Å². The van der Waals surface area contributed by atoms with Gasteiger partial charge in [-0.15, -0.1) is 11.3 Å². The van der Waals surface area contributed by atoms with E-state index in [1.54, 1.807) is 13.2 Å². The smallest absolute Gasteiger partial charge is 0.336 e. The van der Waals surface area contributed by atoms with Crippen molar-refractivity contribution in [3.8, 4) is 10.6 Å². The summed E-state index contributed by atoms with van der Waals surface area (Å²) in [5, 5.41) is 10.5. The van der Waals surface area contributed by atoms with Crippen LogP contribution in [0.15, 0.2) is 12.1 Å². The number of carboxylic acids is 1. The highest BCUT2D eigenvalue weighted by molar-refractivity contribution is 7.15. The zero-order valence-electron chi connectivity index (χ0n) is 17.4. The summed E-state index contributed by atoms with van der Waals surface area (Å²) in [6, 6.07) is 3.71. The fourth-order valence-electron chi connectivity index (χ4n) is 3.46. The number of methoxy groups -OCH3 is 1. The second kappa shape index (κ2) is 9.67. The van der Waals surface area contributed by atoms with E-state index >= 15 is 0 Å². The number of aryl methyl sites for hydroxylation is 2. The lowest BCUT2D eigenvalue weighted by Crippen LogP contribution is -2.14. The maximum absolute atomic E-state index is 12.0. The molecule has 3 rings (SSSR count). The topological polar surface area (TPSA) is 81.1 Å². The zero-order valence-corrected chi connectivity index (χ0v) is 18.2. The quantitative estimate of drug-likeness (QED) is 0.487. The van der Waals surface area contributed by atoms with Crippen molar-refractivity contribution in [3.63, 3.8) is 0 Å². The van der Waals surface area contributed by atoms with Gasteiger partial charge in [-0.05, 0) is 43.9 Å². The Morgan fingerprint density at radius 2 is 2.14 bits per heavy atom. The van der Waals surface area contributed by atoms with Crippen LogP contribution in [0.5, 0.6) is 0 Å². The van der Waals surface area contributed by atoms with Gasteiger partial charge in [0.15, 0.2) is 0 Å². The van der Waals surface area contributed by atoms with Gasteiger partial charge >= 0.3 is 5.97 Å². The normalized spacial score (nSPS) is 15.9. The third kappa shape index (κ3) is 4.95. The summed E-state index contributed by atoms with van der Waals surface area (Å²) in [5.41, 5.74) is 3.74. The van der Waals surface area contributed by atoms with Crippen LogP contribution in [0.2, 0.25) is 0 Å². The molecule has 1 aliphatic carbocycles. The highest BCUT2D eigenvalue weighted by atomic mass is 32.1. The molecule has 158 valence electrons. The third-order valence-corrected chi connectivity index (χ3v) is 6.17. The number of aromatic nitrogens is 1. The van der Waals surface area contributed by atoms with Crippen LogP contribution >= 0.6 is 11.3 Å². The summed E-state index contributed by atoms with van der Waals surface area (Å²) in [6.45, 7) is 3.16. The summed E-state index contributed by atoms with van der Waals surface area (Å²) in [5.74, 6) is -0.945. The van der Waals surface area contributed by atoms with E-state index in [1.807, 2.05) is 32.0 Å². The van der Waals surface area contributed by atoms with E-state index in [9.17, 15) is 9.90 Å². The molecule has 29 heavy (non-hydrogen) atoms. The van der Waals surface area contributed by atoms with Crippen molar-refractivity contribution in [1.82, 2.24) is 4.98 Å². The highest BCUT2D eigenvalue weighted by Crippen LogP contribution is 2.42. The molecule has 1 heterocycles. The lowest BCUT2D eigenvalue weighted by atomic mass is 9.99. The molecule has 1 unspecified atom stereocenters.